The first kappa shape index (κ1) is 16.0. The van der Waals surface area contributed by atoms with Crippen molar-refractivity contribution in [1.29, 1.82) is 0 Å². The minimum absolute atomic E-state index is 0.783. The van der Waals surface area contributed by atoms with Crippen molar-refractivity contribution in [2.45, 2.75) is 0 Å². The zero-order valence-electron chi connectivity index (χ0n) is 16.4. The molecule has 0 amide bonds. The Balaban J connectivity index is 1.93. The first-order chi connectivity index (χ1) is 15.3. The van der Waals surface area contributed by atoms with Gasteiger partial charge in [0.05, 0.1) is 38.1 Å². The first-order valence-electron chi connectivity index (χ1n) is 10.5. The lowest BCUT2D eigenvalue weighted by molar-refractivity contribution is 1.26. The van der Waals surface area contributed by atoms with E-state index in [0.29, 0.717) is 0 Å². The van der Waals surface area contributed by atoms with Crippen LogP contribution in [-0.4, -0.2) is 8.80 Å². The zero-order chi connectivity index (χ0) is 20.3. The van der Waals surface area contributed by atoms with Crippen LogP contribution in [0.4, 0.5) is 0 Å². The SMILES string of the molecule is Clc1cccc2c3cccc4c3n(c12)c1c2ccccc2cc2c3ccccc3n4c21. The summed E-state index contributed by atoms with van der Waals surface area (Å²) < 4.78 is 4.85. The molecular weight excluding hydrogens is 400 g/mol. The van der Waals surface area contributed by atoms with Crippen LogP contribution < -0.4 is 0 Å². The smallest absolute Gasteiger partial charge is 0.0789 e. The topological polar surface area (TPSA) is 8.82 Å². The van der Waals surface area contributed by atoms with Crippen LogP contribution in [0.25, 0.3) is 65.4 Å². The monoisotopic (exact) mass is 414 g/mol. The lowest BCUT2D eigenvalue weighted by Gasteiger charge is -2.14. The van der Waals surface area contributed by atoms with Crippen LogP contribution in [0.15, 0.2) is 91.0 Å². The fraction of sp³-hybridized carbons (Fsp3) is 0. The normalized spacial score (nSPS) is 12.7. The van der Waals surface area contributed by atoms with Gasteiger partial charge in [-0.3, -0.25) is 0 Å². The number of para-hydroxylation sites is 3. The molecule has 3 heterocycles. The largest absolute Gasteiger partial charge is 0.305 e. The summed E-state index contributed by atoms with van der Waals surface area (Å²) in [6.07, 6.45) is 0. The maximum absolute atomic E-state index is 6.85. The predicted octanol–water partition coefficient (Wildman–Crippen LogP) is 8.05. The molecule has 0 aliphatic rings. The van der Waals surface area contributed by atoms with E-state index in [4.69, 9.17) is 11.6 Å². The third-order valence-corrected chi connectivity index (χ3v) is 7.16. The van der Waals surface area contributed by atoms with Gasteiger partial charge in [-0.2, -0.15) is 0 Å². The summed E-state index contributed by atoms with van der Waals surface area (Å²) in [6, 6.07) is 32.6. The van der Waals surface area contributed by atoms with E-state index in [9.17, 15) is 0 Å². The summed E-state index contributed by atoms with van der Waals surface area (Å²) >= 11 is 6.85. The summed E-state index contributed by atoms with van der Waals surface area (Å²) in [5.41, 5.74) is 7.22. The van der Waals surface area contributed by atoms with Crippen LogP contribution in [0.3, 0.4) is 0 Å². The number of fused-ring (bicyclic) bond motifs is 10. The fourth-order valence-electron chi connectivity index (χ4n) is 5.70. The van der Waals surface area contributed by atoms with Crippen molar-refractivity contribution in [3.63, 3.8) is 0 Å². The molecule has 0 aliphatic carbocycles. The van der Waals surface area contributed by atoms with Gasteiger partial charge in [0.1, 0.15) is 0 Å². The number of rotatable bonds is 0. The maximum atomic E-state index is 6.85. The van der Waals surface area contributed by atoms with Crippen LogP contribution in [-0.2, 0) is 0 Å². The lowest BCUT2D eigenvalue weighted by atomic mass is 10.0. The van der Waals surface area contributed by atoms with Gasteiger partial charge in [0.15, 0.2) is 0 Å². The quantitative estimate of drug-likeness (QED) is 0.175. The van der Waals surface area contributed by atoms with Crippen molar-refractivity contribution < 1.29 is 0 Å². The van der Waals surface area contributed by atoms with Crippen molar-refractivity contribution in [1.82, 2.24) is 8.80 Å². The number of benzene rings is 5. The maximum Gasteiger partial charge on any atom is 0.0789 e. The van der Waals surface area contributed by atoms with Gasteiger partial charge < -0.3 is 8.80 Å². The third-order valence-electron chi connectivity index (χ3n) is 6.86. The molecule has 0 N–H and O–H groups in total. The van der Waals surface area contributed by atoms with Crippen LogP contribution in [0.2, 0.25) is 5.02 Å². The average Bonchev–Trinajstić information content (AvgIpc) is 3.32. The Morgan fingerprint density at radius 1 is 0.452 bits per heavy atom. The zero-order valence-corrected chi connectivity index (χ0v) is 17.2. The van der Waals surface area contributed by atoms with E-state index in [0.717, 1.165) is 10.5 Å². The molecule has 0 unspecified atom stereocenters. The van der Waals surface area contributed by atoms with Crippen molar-refractivity contribution >= 4 is 77.0 Å². The highest BCUT2D eigenvalue weighted by Gasteiger charge is 2.22. The van der Waals surface area contributed by atoms with Gasteiger partial charge in [-0.15, -0.1) is 0 Å². The number of aromatic nitrogens is 2. The highest BCUT2D eigenvalue weighted by Crippen LogP contribution is 2.44. The molecule has 0 spiro atoms. The standard InChI is InChI=1S/C28H15ClN2/c29-22-12-5-10-19-20-11-6-14-24-26(20)31(25(19)22)27-17-8-2-1-7-16(17)15-21-18-9-3-4-13-23(18)30(24)28(21)27/h1-15H. The Bertz CT molecular complexity index is 2010. The Hall–Kier alpha value is -3.75. The van der Waals surface area contributed by atoms with Gasteiger partial charge >= 0.3 is 0 Å². The molecule has 31 heavy (non-hydrogen) atoms. The second-order valence-corrected chi connectivity index (χ2v) is 8.75. The van der Waals surface area contributed by atoms with Crippen molar-refractivity contribution in [2.24, 2.45) is 0 Å². The molecule has 3 heteroatoms. The minimum atomic E-state index is 0.783. The molecule has 0 atom stereocenters. The molecule has 0 saturated carbocycles. The number of nitrogens with zero attached hydrogens (tertiary/aromatic N) is 2. The Morgan fingerprint density at radius 2 is 1.10 bits per heavy atom. The second-order valence-electron chi connectivity index (χ2n) is 8.34. The Morgan fingerprint density at radius 3 is 2.00 bits per heavy atom. The number of hydrogen-bond acceptors (Lipinski definition) is 0. The van der Waals surface area contributed by atoms with E-state index in [1.807, 2.05) is 12.1 Å². The molecule has 0 radical (unpaired) electrons. The molecular formula is C28H15ClN2. The van der Waals surface area contributed by atoms with Gasteiger partial charge in [-0.25, -0.2) is 0 Å². The highest BCUT2D eigenvalue weighted by molar-refractivity contribution is 6.37. The summed E-state index contributed by atoms with van der Waals surface area (Å²) in [4.78, 5) is 0. The van der Waals surface area contributed by atoms with Crippen molar-refractivity contribution in [3.8, 4) is 0 Å². The van der Waals surface area contributed by atoms with E-state index >= 15 is 0 Å². The molecule has 3 aromatic heterocycles. The highest BCUT2D eigenvalue weighted by atomic mass is 35.5. The summed E-state index contributed by atoms with van der Waals surface area (Å²) in [5.74, 6) is 0. The van der Waals surface area contributed by atoms with Gasteiger partial charge in [-0.05, 0) is 29.7 Å². The molecule has 5 aromatic carbocycles. The Labute approximate surface area is 181 Å². The molecule has 0 aliphatic heterocycles. The summed E-state index contributed by atoms with van der Waals surface area (Å²) in [5, 5.41) is 8.26. The number of hydrogen-bond donors (Lipinski definition) is 0. The predicted molar refractivity (Wildman–Crippen MR) is 132 cm³/mol. The fourth-order valence-corrected chi connectivity index (χ4v) is 5.96. The molecule has 144 valence electrons. The average molecular weight is 415 g/mol. The van der Waals surface area contributed by atoms with Crippen LogP contribution in [0.5, 0.6) is 0 Å². The van der Waals surface area contributed by atoms with Crippen molar-refractivity contribution in [3.05, 3.63) is 96.0 Å². The first-order valence-corrected chi connectivity index (χ1v) is 10.9. The van der Waals surface area contributed by atoms with E-state index in [1.165, 1.54) is 59.9 Å². The molecule has 2 nitrogen and oxygen atoms in total. The van der Waals surface area contributed by atoms with Gasteiger partial charge in [-0.1, -0.05) is 78.3 Å². The molecule has 8 aromatic rings. The third kappa shape index (κ3) is 1.74. The second kappa shape index (κ2) is 5.29. The minimum Gasteiger partial charge on any atom is -0.305 e. The van der Waals surface area contributed by atoms with Gasteiger partial charge in [0.2, 0.25) is 0 Å². The van der Waals surface area contributed by atoms with Crippen LogP contribution in [0, 0.1) is 0 Å². The van der Waals surface area contributed by atoms with Crippen LogP contribution >= 0.6 is 11.6 Å². The lowest BCUT2D eigenvalue weighted by Crippen LogP contribution is -1.98. The number of halogens is 1. The molecule has 0 bridgehead atoms. The molecule has 8 rings (SSSR count). The van der Waals surface area contributed by atoms with Gasteiger partial charge in [0, 0.05) is 26.9 Å². The summed E-state index contributed by atoms with van der Waals surface area (Å²) in [6.45, 7) is 0. The Kier molecular flexibility index (Phi) is 2.73. The molecule has 0 saturated heterocycles. The van der Waals surface area contributed by atoms with Gasteiger partial charge in [0.25, 0.3) is 0 Å². The van der Waals surface area contributed by atoms with E-state index in [2.05, 4.69) is 87.7 Å². The molecule has 0 fully saturated rings. The van der Waals surface area contributed by atoms with E-state index in [1.54, 1.807) is 0 Å². The van der Waals surface area contributed by atoms with Crippen LogP contribution in [0.1, 0.15) is 0 Å². The summed E-state index contributed by atoms with van der Waals surface area (Å²) in [7, 11) is 0. The van der Waals surface area contributed by atoms with E-state index in [-0.39, 0.29) is 0 Å². The van der Waals surface area contributed by atoms with E-state index < -0.39 is 0 Å². The van der Waals surface area contributed by atoms with Crippen molar-refractivity contribution in [2.75, 3.05) is 0 Å².